The molecule has 2 unspecified atom stereocenters. The predicted molar refractivity (Wildman–Crippen MR) is 155 cm³/mol. The molecule has 2 nitrogen and oxygen atoms in total. The van der Waals surface area contributed by atoms with Crippen LogP contribution in [0.1, 0.15) is 125 Å². The topological polar surface area (TPSA) is 15.3 Å². The second-order valence-corrected chi connectivity index (χ2v) is 12.2. The fourth-order valence-electron chi connectivity index (χ4n) is 4.10. The predicted octanol–water partition coefficient (Wildman–Crippen LogP) is 8.27. The molecule has 4 heteroatoms. The van der Waals surface area contributed by atoms with Gasteiger partial charge in [0, 0.05) is 31.4 Å². The van der Waals surface area contributed by atoms with E-state index in [0.717, 1.165) is 25.4 Å². The minimum Gasteiger partial charge on any atom is -0.315 e. The van der Waals surface area contributed by atoms with Crippen LogP contribution in [0, 0.1) is 11.3 Å². The fraction of sp³-hybridized carbons (Fsp3) is 1.00. The molecule has 194 valence electrons. The smallest absolute Gasteiger partial charge is 0.0107 e. The summed E-state index contributed by atoms with van der Waals surface area (Å²) in [6.07, 6.45) is 20.0. The highest BCUT2D eigenvalue weighted by atomic mass is 32.1. The van der Waals surface area contributed by atoms with E-state index < -0.39 is 0 Å². The van der Waals surface area contributed by atoms with Crippen LogP contribution in [0.15, 0.2) is 0 Å². The van der Waals surface area contributed by atoms with Gasteiger partial charge in [0.1, 0.15) is 0 Å². The first-order valence-corrected chi connectivity index (χ1v) is 15.2. The van der Waals surface area contributed by atoms with Crippen molar-refractivity contribution in [3.63, 3.8) is 0 Å². The summed E-state index contributed by atoms with van der Waals surface area (Å²) in [7, 11) is 0. The van der Waals surface area contributed by atoms with Crippen molar-refractivity contribution < 1.29 is 0 Å². The van der Waals surface area contributed by atoms with E-state index >= 15 is 0 Å². The van der Waals surface area contributed by atoms with E-state index in [4.69, 9.17) is 0 Å². The van der Waals surface area contributed by atoms with E-state index in [0.29, 0.717) is 11.2 Å². The maximum absolute atomic E-state index is 4.67. The maximum atomic E-state index is 4.67. The van der Waals surface area contributed by atoms with Gasteiger partial charge >= 0.3 is 0 Å². The van der Waals surface area contributed by atoms with Crippen molar-refractivity contribution in [1.29, 1.82) is 0 Å². The second-order valence-electron chi connectivity index (χ2n) is 11.1. The van der Waals surface area contributed by atoms with Gasteiger partial charge in [-0.1, -0.05) is 118 Å². The molecule has 0 heterocycles. The quantitative estimate of drug-likeness (QED) is 0.0935. The molecule has 0 saturated carbocycles. The molecule has 0 aromatic rings. The molecule has 0 fully saturated rings. The Morgan fingerprint density at radius 1 is 0.750 bits per heavy atom. The molecule has 0 saturated heterocycles. The zero-order chi connectivity index (χ0) is 24.1. The molecule has 0 aliphatic rings. The minimum atomic E-state index is 0.273. The van der Waals surface area contributed by atoms with E-state index in [2.05, 4.69) is 70.1 Å². The lowest BCUT2D eigenvalue weighted by atomic mass is 9.96. The Hall–Kier alpha value is 0.620. The van der Waals surface area contributed by atoms with Gasteiger partial charge in [-0.2, -0.15) is 25.3 Å². The Balaban J connectivity index is 3.80. The molecule has 0 radical (unpaired) electrons. The molecule has 0 rings (SSSR count). The van der Waals surface area contributed by atoms with Gasteiger partial charge in [0.2, 0.25) is 0 Å². The molecule has 1 N–H and O–H groups in total. The third kappa shape index (κ3) is 21.2. The molecule has 0 aliphatic carbocycles. The lowest BCUT2D eigenvalue weighted by molar-refractivity contribution is 0.228. The lowest BCUT2D eigenvalue weighted by Gasteiger charge is -2.28. The Morgan fingerprint density at radius 2 is 1.22 bits per heavy atom. The van der Waals surface area contributed by atoms with Crippen LogP contribution in [0.25, 0.3) is 0 Å². The number of thiol groups is 2. The molecule has 0 aromatic heterocycles. The number of hydrogen-bond donors (Lipinski definition) is 3. The second kappa shape index (κ2) is 22.1. The number of rotatable bonds is 24. The maximum Gasteiger partial charge on any atom is 0.0107 e. The summed E-state index contributed by atoms with van der Waals surface area (Å²) in [5.74, 6) is 1.57. The van der Waals surface area contributed by atoms with Gasteiger partial charge in [-0.3, -0.25) is 0 Å². The van der Waals surface area contributed by atoms with Crippen LogP contribution in [0.4, 0.5) is 0 Å². The first kappa shape index (κ1) is 32.6. The monoisotopic (exact) mass is 488 g/mol. The summed E-state index contributed by atoms with van der Waals surface area (Å²) in [6.45, 7) is 17.1. The molecule has 0 aromatic carbocycles. The molecular formula is C28H60N2S2. The zero-order valence-corrected chi connectivity index (χ0v) is 24.4. The van der Waals surface area contributed by atoms with E-state index in [-0.39, 0.29) is 5.41 Å². The van der Waals surface area contributed by atoms with Crippen LogP contribution in [-0.2, 0) is 0 Å². The summed E-state index contributed by atoms with van der Waals surface area (Å²) in [4.78, 5) is 2.67. The first-order chi connectivity index (χ1) is 15.3. The SMILES string of the molecule is CCCCCCCCCCCCCCCCN(CCNCC(C)(C)CS)CC(C)C(C)S. The van der Waals surface area contributed by atoms with Gasteiger partial charge in [0.15, 0.2) is 0 Å². The highest BCUT2D eigenvalue weighted by Gasteiger charge is 2.16. The number of nitrogens with one attached hydrogen (secondary N) is 1. The molecule has 0 spiro atoms. The van der Waals surface area contributed by atoms with Crippen molar-refractivity contribution in [3.8, 4) is 0 Å². The summed E-state index contributed by atoms with van der Waals surface area (Å²) >= 11 is 9.14. The molecular weight excluding hydrogens is 428 g/mol. The van der Waals surface area contributed by atoms with Gasteiger partial charge in [-0.25, -0.2) is 0 Å². The average Bonchev–Trinajstić information content (AvgIpc) is 2.76. The van der Waals surface area contributed by atoms with Crippen molar-refractivity contribution in [2.24, 2.45) is 11.3 Å². The van der Waals surface area contributed by atoms with Gasteiger partial charge in [0.05, 0.1) is 0 Å². The lowest BCUT2D eigenvalue weighted by Crippen LogP contribution is -2.39. The Bertz CT molecular complexity index is 388. The molecule has 0 aliphatic heterocycles. The van der Waals surface area contributed by atoms with Crippen LogP contribution in [0.3, 0.4) is 0 Å². The van der Waals surface area contributed by atoms with Crippen molar-refractivity contribution in [3.05, 3.63) is 0 Å². The summed E-state index contributed by atoms with van der Waals surface area (Å²) in [6, 6.07) is 0. The summed E-state index contributed by atoms with van der Waals surface area (Å²) in [5.41, 5.74) is 0.273. The number of hydrogen-bond acceptors (Lipinski definition) is 4. The van der Waals surface area contributed by atoms with Crippen LogP contribution in [0.5, 0.6) is 0 Å². The van der Waals surface area contributed by atoms with Gasteiger partial charge in [0.25, 0.3) is 0 Å². The average molecular weight is 489 g/mol. The highest BCUT2D eigenvalue weighted by Crippen LogP contribution is 2.16. The first-order valence-electron chi connectivity index (χ1n) is 14.0. The summed E-state index contributed by atoms with van der Waals surface area (Å²) < 4.78 is 0. The van der Waals surface area contributed by atoms with Crippen LogP contribution >= 0.6 is 25.3 Å². The zero-order valence-electron chi connectivity index (χ0n) is 22.6. The van der Waals surface area contributed by atoms with Crippen molar-refractivity contribution >= 4 is 25.3 Å². The van der Waals surface area contributed by atoms with E-state index in [1.807, 2.05) is 0 Å². The number of unbranched alkanes of at least 4 members (excludes halogenated alkanes) is 13. The molecule has 2 atom stereocenters. The molecule has 0 bridgehead atoms. The van der Waals surface area contributed by atoms with Crippen LogP contribution in [0.2, 0.25) is 0 Å². The molecule has 32 heavy (non-hydrogen) atoms. The van der Waals surface area contributed by atoms with Crippen LogP contribution < -0.4 is 5.32 Å². The third-order valence-electron chi connectivity index (χ3n) is 6.83. The number of nitrogens with zero attached hydrogens (tertiary/aromatic N) is 1. The van der Waals surface area contributed by atoms with Crippen molar-refractivity contribution in [1.82, 2.24) is 10.2 Å². The van der Waals surface area contributed by atoms with Crippen molar-refractivity contribution in [2.45, 2.75) is 130 Å². The summed E-state index contributed by atoms with van der Waals surface area (Å²) in [5, 5.41) is 4.11. The minimum absolute atomic E-state index is 0.273. The van der Waals surface area contributed by atoms with Gasteiger partial charge in [-0.05, 0) is 30.1 Å². The Labute approximate surface area is 214 Å². The molecule has 0 amide bonds. The van der Waals surface area contributed by atoms with Gasteiger partial charge < -0.3 is 10.2 Å². The Kier molecular flexibility index (Phi) is 22.5. The van der Waals surface area contributed by atoms with Crippen LogP contribution in [-0.4, -0.2) is 48.6 Å². The standard InChI is InChI=1S/C28H60N2S2/c1-6-7-8-9-10-11-12-13-14-15-16-17-18-19-21-30(23-26(2)27(3)32)22-20-29-24-28(4,5)25-31/h26-27,29,31-32H,6-25H2,1-5H3. The van der Waals surface area contributed by atoms with E-state index in [1.165, 1.54) is 103 Å². The van der Waals surface area contributed by atoms with E-state index in [9.17, 15) is 0 Å². The normalized spacial score (nSPS) is 14.2. The third-order valence-corrected chi connectivity index (χ3v) is 8.20. The Morgan fingerprint density at radius 3 is 1.66 bits per heavy atom. The van der Waals surface area contributed by atoms with E-state index in [1.54, 1.807) is 0 Å². The fourth-order valence-corrected chi connectivity index (χ4v) is 4.31. The van der Waals surface area contributed by atoms with Crippen molar-refractivity contribution in [2.75, 3.05) is 38.5 Å². The highest BCUT2D eigenvalue weighted by molar-refractivity contribution is 7.81. The van der Waals surface area contributed by atoms with Gasteiger partial charge in [-0.15, -0.1) is 0 Å². The largest absolute Gasteiger partial charge is 0.315 e.